The summed E-state index contributed by atoms with van der Waals surface area (Å²) in [5, 5.41) is 0.632. The molecule has 1 fully saturated rings. The highest BCUT2D eigenvalue weighted by molar-refractivity contribution is 7.18. The van der Waals surface area contributed by atoms with Crippen LogP contribution in [0.3, 0.4) is 0 Å². The van der Waals surface area contributed by atoms with Gasteiger partial charge in [0.2, 0.25) is 5.91 Å². The average Bonchev–Trinajstić information content (AvgIpc) is 3.21. The Morgan fingerprint density at radius 2 is 1.71 bits per heavy atom. The summed E-state index contributed by atoms with van der Waals surface area (Å²) in [6.07, 6.45) is 5.93. The molecule has 34 heavy (non-hydrogen) atoms. The van der Waals surface area contributed by atoms with Gasteiger partial charge in [0.25, 0.3) is 5.56 Å². The minimum Gasteiger partial charge on any atom is -0.341 e. The first-order valence-corrected chi connectivity index (χ1v) is 13.4. The summed E-state index contributed by atoms with van der Waals surface area (Å²) in [7, 11) is 0. The number of fused-ring (bicyclic) bond motifs is 3. The van der Waals surface area contributed by atoms with Crippen molar-refractivity contribution in [1.29, 1.82) is 0 Å². The first-order chi connectivity index (χ1) is 16.4. The fourth-order valence-corrected chi connectivity index (χ4v) is 7.09. The number of hydrogen-bond acceptors (Lipinski definition) is 4. The van der Waals surface area contributed by atoms with E-state index in [9.17, 15) is 14.4 Å². The number of rotatable bonds is 4. The number of likely N-dealkylation sites (tertiary alicyclic amines) is 1. The topological polar surface area (TPSA) is 64.3 Å². The largest absolute Gasteiger partial charge is 0.341 e. The Morgan fingerprint density at radius 3 is 2.38 bits per heavy atom. The van der Waals surface area contributed by atoms with Gasteiger partial charge in [-0.25, -0.2) is 9.36 Å². The monoisotopic (exact) mass is 479 g/mol. The molecule has 7 heteroatoms. The van der Waals surface area contributed by atoms with Gasteiger partial charge >= 0.3 is 5.69 Å². The van der Waals surface area contributed by atoms with Crippen molar-refractivity contribution in [2.45, 2.75) is 65.8 Å². The Labute approximate surface area is 203 Å². The lowest BCUT2D eigenvalue weighted by Gasteiger charge is -2.35. The van der Waals surface area contributed by atoms with Crippen molar-refractivity contribution in [3.8, 4) is 5.69 Å². The van der Waals surface area contributed by atoms with Gasteiger partial charge < -0.3 is 4.90 Å². The van der Waals surface area contributed by atoms with Crippen LogP contribution in [0.25, 0.3) is 15.9 Å². The summed E-state index contributed by atoms with van der Waals surface area (Å²) in [4.78, 5) is 44.7. The molecule has 2 aromatic heterocycles. The Balaban J connectivity index is 1.67. The molecule has 0 N–H and O–H groups in total. The lowest BCUT2D eigenvalue weighted by atomic mass is 9.92. The number of piperidine rings is 1. The minimum atomic E-state index is -0.424. The molecule has 1 saturated heterocycles. The van der Waals surface area contributed by atoms with Crippen LogP contribution in [-0.2, 0) is 30.6 Å². The normalized spacial score (nSPS) is 20.5. The van der Waals surface area contributed by atoms with Crippen LogP contribution in [0.1, 0.15) is 56.0 Å². The summed E-state index contributed by atoms with van der Waals surface area (Å²) >= 11 is 1.53. The van der Waals surface area contributed by atoms with Crippen molar-refractivity contribution in [1.82, 2.24) is 14.0 Å². The molecule has 0 bridgehead atoms. The predicted molar refractivity (Wildman–Crippen MR) is 137 cm³/mol. The van der Waals surface area contributed by atoms with Crippen LogP contribution in [0.15, 0.2) is 33.9 Å². The molecular formula is C27H33N3O3S. The molecule has 1 aromatic carbocycles. The SMILES string of the molecule is CCc1ccc(-n2c(=O)c3c4c(sc3n(CC(=O)N3C[C@@H](C)C[C@H](C)C3)c2=O)CCCC4)cc1. The average molecular weight is 480 g/mol. The number of benzene rings is 1. The number of carbonyl (C=O) groups is 1. The molecule has 0 radical (unpaired) electrons. The Kier molecular flexibility index (Phi) is 6.23. The van der Waals surface area contributed by atoms with Gasteiger partial charge in [-0.05, 0) is 73.6 Å². The molecule has 0 unspecified atom stereocenters. The van der Waals surface area contributed by atoms with E-state index in [1.54, 1.807) is 4.57 Å². The summed E-state index contributed by atoms with van der Waals surface area (Å²) in [6.45, 7) is 7.84. The van der Waals surface area contributed by atoms with Crippen LogP contribution in [-0.4, -0.2) is 33.0 Å². The first-order valence-electron chi connectivity index (χ1n) is 12.5. The zero-order chi connectivity index (χ0) is 24.0. The molecule has 1 aliphatic carbocycles. The van der Waals surface area contributed by atoms with Gasteiger partial charge in [-0.1, -0.05) is 32.9 Å². The third-order valence-electron chi connectivity index (χ3n) is 7.35. The van der Waals surface area contributed by atoms with Crippen LogP contribution < -0.4 is 11.2 Å². The van der Waals surface area contributed by atoms with Gasteiger partial charge in [0, 0.05) is 18.0 Å². The van der Waals surface area contributed by atoms with E-state index in [4.69, 9.17) is 0 Å². The van der Waals surface area contributed by atoms with Crippen molar-refractivity contribution in [2.24, 2.45) is 11.8 Å². The maximum Gasteiger partial charge on any atom is 0.337 e. The van der Waals surface area contributed by atoms with Crippen LogP contribution in [0.4, 0.5) is 0 Å². The molecule has 0 spiro atoms. The van der Waals surface area contributed by atoms with E-state index in [0.29, 0.717) is 27.7 Å². The van der Waals surface area contributed by atoms with Gasteiger partial charge in [-0.2, -0.15) is 0 Å². The lowest BCUT2D eigenvalue weighted by Crippen LogP contribution is -2.46. The van der Waals surface area contributed by atoms with E-state index in [-0.39, 0.29) is 18.0 Å². The van der Waals surface area contributed by atoms with E-state index in [1.165, 1.54) is 20.8 Å². The number of amides is 1. The predicted octanol–water partition coefficient (Wildman–Crippen LogP) is 4.16. The molecule has 3 heterocycles. The van der Waals surface area contributed by atoms with E-state index in [2.05, 4.69) is 20.8 Å². The van der Waals surface area contributed by atoms with E-state index in [1.807, 2.05) is 29.2 Å². The van der Waals surface area contributed by atoms with Gasteiger partial charge in [0.1, 0.15) is 11.4 Å². The minimum absolute atomic E-state index is 0.0263. The van der Waals surface area contributed by atoms with Crippen molar-refractivity contribution < 1.29 is 4.79 Å². The van der Waals surface area contributed by atoms with Crippen LogP contribution in [0.2, 0.25) is 0 Å². The number of nitrogens with zero attached hydrogens (tertiary/aromatic N) is 3. The number of thiophene rings is 1. The number of carbonyl (C=O) groups excluding carboxylic acids is 1. The molecule has 6 nitrogen and oxygen atoms in total. The highest BCUT2D eigenvalue weighted by atomic mass is 32.1. The number of aromatic nitrogens is 2. The first kappa shape index (κ1) is 23.1. The zero-order valence-corrected chi connectivity index (χ0v) is 21.1. The second-order valence-corrected chi connectivity index (χ2v) is 11.2. The Bertz CT molecular complexity index is 1340. The maximum absolute atomic E-state index is 13.8. The smallest absolute Gasteiger partial charge is 0.337 e. The highest BCUT2D eigenvalue weighted by Gasteiger charge is 2.28. The molecule has 2 aliphatic rings. The summed E-state index contributed by atoms with van der Waals surface area (Å²) in [6, 6.07) is 7.60. The standard InChI is InChI=1S/C27H33N3O3S/c1-4-19-9-11-20(12-10-19)30-25(32)24-21-7-5-6-8-22(21)34-26(24)29(27(30)33)16-23(31)28-14-17(2)13-18(3)15-28/h9-12,17-18H,4-8,13-16H2,1-3H3/t17-,18-/m0/s1. The summed E-state index contributed by atoms with van der Waals surface area (Å²) < 4.78 is 2.85. The van der Waals surface area contributed by atoms with Crippen LogP contribution >= 0.6 is 11.3 Å². The van der Waals surface area contributed by atoms with E-state index < -0.39 is 5.69 Å². The van der Waals surface area contributed by atoms with Crippen molar-refractivity contribution in [3.63, 3.8) is 0 Å². The maximum atomic E-state index is 13.8. The molecule has 2 atom stereocenters. The Morgan fingerprint density at radius 1 is 1.03 bits per heavy atom. The third kappa shape index (κ3) is 4.04. The number of aryl methyl sites for hydroxylation is 3. The lowest BCUT2D eigenvalue weighted by molar-refractivity contribution is -0.134. The third-order valence-corrected chi connectivity index (χ3v) is 8.67. The van der Waals surface area contributed by atoms with Crippen LogP contribution in [0.5, 0.6) is 0 Å². The Hall–Kier alpha value is -2.67. The van der Waals surface area contributed by atoms with Gasteiger partial charge in [-0.3, -0.25) is 14.2 Å². The molecular weight excluding hydrogens is 446 g/mol. The van der Waals surface area contributed by atoms with Crippen molar-refractivity contribution in [3.05, 3.63) is 61.1 Å². The number of hydrogen-bond donors (Lipinski definition) is 0. The molecule has 5 rings (SSSR count). The van der Waals surface area contributed by atoms with Gasteiger partial charge in [0.15, 0.2) is 0 Å². The van der Waals surface area contributed by atoms with Gasteiger partial charge in [-0.15, -0.1) is 11.3 Å². The molecule has 3 aromatic rings. The quantitative estimate of drug-likeness (QED) is 0.564. The fraction of sp³-hybridized carbons (Fsp3) is 0.519. The van der Waals surface area contributed by atoms with Crippen molar-refractivity contribution >= 4 is 27.5 Å². The highest BCUT2D eigenvalue weighted by Crippen LogP contribution is 2.34. The zero-order valence-electron chi connectivity index (χ0n) is 20.3. The van der Waals surface area contributed by atoms with Crippen molar-refractivity contribution in [2.75, 3.05) is 13.1 Å². The second kappa shape index (κ2) is 9.17. The molecule has 0 saturated carbocycles. The van der Waals surface area contributed by atoms with Gasteiger partial charge in [0.05, 0.1) is 11.1 Å². The molecule has 1 amide bonds. The second-order valence-electron chi connectivity index (χ2n) is 10.2. The van der Waals surface area contributed by atoms with E-state index in [0.717, 1.165) is 62.7 Å². The van der Waals surface area contributed by atoms with Crippen LogP contribution in [0, 0.1) is 11.8 Å². The molecule has 1 aliphatic heterocycles. The summed E-state index contributed by atoms with van der Waals surface area (Å²) in [5.74, 6) is 0.855. The van der Waals surface area contributed by atoms with E-state index >= 15 is 0 Å². The molecule has 180 valence electrons. The summed E-state index contributed by atoms with van der Waals surface area (Å²) in [5.41, 5.74) is 2.11. The fourth-order valence-electron chi connectivity index (χ4n) is 5.72.